The number of nitrogens with one attached hydrogen (secondary N) is 1. The van der Waals surface area contributed by atoms with Crippen LogP contribution in [0.1, 0.15) is 58.2 Å². The molecule has 1 N–H and O–H groups in total. The second-order valence-corrected chi connectivity index (χ2v) is 10.4. The van der Waals surface area contributed by atoms with Gasteiger partial charge in [-0.3, -0.25) is 14.2 Å². The van der Waals surface area contributed by atoms with Gasteiger partial charge in [-0.15, -0.1) is 0 Å². The number of carbonyl (C=O) groups is 1. The van der Waals surface area contributed by atoms with Crippen molar-refractivity contribution < 1.29 is 27.1 Å². The van der Waals surface area contributed by atoms with Gasteiger partial charge < -0.3 is 15.0 Å². The predicted octanol–water partition coefficient (Wildman–Crippen LogP) is 5.26. The second-order valence-electron chi connectivity index (χ2n) is 10.4. The number of rotatable bonds is 5. The topological polar surface area (TPSA) is 84.7 Å². The maximum absolute atomic E-state index is 14.7. The maximum Gasteiger partial charge on any atom is 0.406 e. The van der Waals surface area contributed by atoms with E-state index in [1.807, 2.05) is 12.1 Å². The van der Waals surface area contributed by atoms with Crippen LogP contribution in [0.25, 0.3) is 16.6 Å². The van der Waals surface area contributed by atoms with E-state index in [9.17, 15) is 22.4 Å². The number of anilines is 1. The van der Waals surface area contributed by atoms with Gasteiger partial charge in [-0.25, -0.2) is 14.4 Å². The summed E-state index contributed by atoms with van der Waals surface area (Å²) in [6.45, 7) is -1.16. The van der Waals surface area contributed by atoms with Gasteiger partial charge in [0.25, 0.3) is 5.91 Å². The Morgan fingerprint density at radius 2 is 1.95 bits per heavy atom. The number of pyridine rings is 1. The van der Waals surface area contributed by atoms with E-state index in [2.05, 4.69) is 15.3 Å². The molecule has 3 aromatic heterocycles. The van der Waals surface area contributed by atoms with Crippen LogP contribution in [0.2, 0.25) is 0 Å². The van der Waals surface area contributed by atoms with Crippen LogP contribution >= 0.6 is 0 Å². The van der Waals surface area contributed by atoms with Gasteiger partial charge in [-0.2, -0.15) is 13.2 Å². The van der Waals surface area contributed by atoms with Crippen molar-refractivity contribution in [2.24, 2.45) is 0 Å². The van der Waals surface area contributed by atoms with Crippen LogP contribution < -0.4 is 10.1 Å². The summed E-state index contributed by atoms with van der Waals surface area (Å²) < 4.78 is 62.5. The van der Waals surface area contributed by atoms with E-state index < -0.39 is 18.6 Å². The predicted molar refractivity (Wildman–Crippen MR) is 137 cm³/mol. The van der Waals surface area contributed by atoms with Gasteiger partial charge in [0.05, 0.1) is 24.4 Å². The Morgan fingerprint density at radius 1 is 1.10 bits per heavy atom. The molecule has 5 heterocycles. The van der Waals surface area contributed by atoms with Crippen molar-refractivity contribution >= 4 is 17.4 Å². The second kappa shape index (κ2) is 9.17. The lowest BCUT2D eigenvalue weighted by Crippen LogP contribution is -2.39. The average Bonchev–Trinajstić information content (AvgIpc) is 3.53. The van der Waals surface area contributed by atoms with Gasteiger partial charge in [-0.1, -0.05) is 12.5 Å². The van der Waals surface area contributed by atoms with Crippen molar-refractivity contribution in [3.63, 3.8) is 0 Å². The van der Waals surface area contributed by atoms with Crippen molar-refractivity contribution in [3.8, 4) is 16.9 Å². The fraction of sp³-hybridized carbons (Fsp3) is 0.357. The highest BCUT2D eigenvalue weighted by Gasteiger charge is 2.37. The number of carbonyl (C=O) groups excluding carboxylic acids is 1. The summed E-state index contributed by atoms with van der Waals surface area (Å²) >= 11 is 0. The first-order valence-corrected chi connectivity index (χ1v) is 13.2. The number of halogens is 4. The minimum atomic E-state index is -4.60. The molecule has 0 atom stereocenters. The number of aromatic nitrogens is 4. The van der Waals surface area contributed by atoms with E-state index in [0.29, 0.717) is 46.7 Å². The molecular weight excluding hydrogens is 528 g/mol. The van der Waals surface area contributed by atoms with E-state index in [4.69, 9.17) is 9.72 Å². The first kappa shape index (κ1) is 24.8. The van der Waals surface area contributed by atoms with E-state index in [0.717, 1.165) is 35.4 Å². The number of ether oxygens (including phenoxy) is 1. The monoisotopic (exact) mass is 552 g/mol. The van der Waals surface area contributed by atoms with Crippen molar-refractivity contribution in [2.75, 3.05) is 18.5 Å². The molecule has 4 aromatic rings. The molecule has 206 valence electrons. The Kier molecular flexibility index (Phi) is 5.69. The molecule has 0 bridgehead atoms. The normalized spacial score (nSPS) is 16.7. The maximum atomic E-state index is 14.7. The van der Waals surface area contributed by atoms with Crippen molar-refractivity contribution in [1.82, 2.24) is 24.3 Å². The van der Waals surface area contributed by atoms with E-state index in [1.165, 1.54) is 16.8 Å². The molecule has 0 saturated heterocycles. The van der Waals surface area contributed by atoms with Crippen molar-refractivity contribution in [3.05, 3.63) is 70.8 Å². The standard InChI is InChI=1S/C28H24F4N6O2/c29-20-5-7-23-17(8-9-40-23)18(20)10-33-27-34-11-19-16-4-6-21(15-2-1-3-15)36-22(16)12-37(13-28(30,31)32)26(39)24-25(19)38(27)14-35-24/h4-7,11,14-15H,1-3,8-10,12-13H2,(H,33,34). The number of fused-ring (bicyclic) bond motifs is 3. The third kappa shape index (κ3) is 4.13. The van der Waals surface area contributed by atoms with Gasteiger partial charge in [0.1, 0.15) is 24.4 Å². The molecule has 8 nitrogen and oxygen atoms in total. The van der Waals surface area contributed by atoms with Crippen molar-refractivity contribution in [2.45, 2.75) is 50.9 Å². The summed E-state index contributed by atoms with van der Waals surface area (Å²) in [6, 6.07) is 6.71. The van der Waals surface area contributed by atoms with Crippen LogP contribution in [-0.2, 0) is 19.5 Å². The van der Waals surface area contributed by atoms with Gasteiger partial charge in [0.2, 0.25) is 5.95 Å². The lowest BCUT2D eigenvalue weighted by molar-refractivity contribution is -0.141. The first-order valence-electron chi connectivity index (χ1n) is 13.2. The smallest absolute Gasteiger partial charge is 0.406 e. The molecule has 3 aliphatic rings. The number of nitrogens with zero attached hydrogens (tertiary/aromatic N) is 5. The number of imidazole rings is 1. The van der Waals surface area contributed by atoms with Gasteiger partial charge in [0, 0.05) is 53.0 Å². The minimum absolute atomic E-state index is 0.0877. The van der Waals surface area contributed by atoms with Crippen LogP contribution in [0.3, 0.4) is 0 Å². The largest absolute Gasteiger partial charge is 0.493 e. The third-order valence-electron chi connectivity index (χ3n) is 7.94. The molecule has 12 heteroatoms. The van der Waals surface area contributed by atoms with E-state index in [-0.39, 0.29) is 36.5 Å². The van der Waals surface area contributed by atoms with Gasteiger partial charge >= 0.3 is 6.18 Å². The Balaban J connectivity index is 1.33. The molecule has 7 rings (SSSR count). The molecule has 1 saturated carbocycles. The highest BCUT2D eigenvalue weighted by molar-refractivity contribution is 6.04. The molecule has 2 aliphatic heterocycles. The summed E-state index contributed by atoms with van der Waals surface area (Å²) in [4.78, 5) is 27.8. The Labute approximate surface area is 226 Å². The quantitative estimate of drug-likeness (QED) is 0.340. The number of hydrogen-bond donors (Lipinski definition) is 1. The molecule has 1 aliphatic carbocycles. The zero-order valence-electron chi connectivity index (χ0n) is 21.3. The first-order chi connectivity index (χ1) is 19.3. The molecule has 0 spiro atoms. The van der Waals surface area contributed by atoms with E-state index in [1.54, 1.807) is 12.3 Å². The van der Waals surface area contributed by atoms with E-state index >= 15 is 0 Å². The molecular formula is C28H24F4N6O2. The summed E-state index contributed by atoms with van der Waals surface area (Å²) in [5.41, 5.74) is 3.78. The molecule has 1 amide bonds. The van der Waals surface area contributed by atoms with Crippen LogP contribution in [0, 0.1) is 5.82 Å². The fourth-order valence-corrected chi connectivity index (χ4v) is 5.74. The summed E-state index contributed by atoms with van der Waals surface area (Å²) in [7, 11) is 0. The zero-order valence-corrected chi connectivity index (χ0v) is 21.3. The number of hydrogen-bond acceptors (Lipinski definition) is 6. The molecule has 1 aromatic carbocycles. The molecule has 1 fully saturated rings. The molecule has 0 radical (unpaired) electrons. The Bertz CT molecular complexity index is 1660. The Morgan fingerprint density at radius 3 is 2.73 bits per heavy atom. The zero-order chi connectivity index (χ0) is 27.6. The summed E-state index contributed by atoms with van der Waals surface area (Å²) in [5, 5.41) is 3.12. The fourth-order valence-electron chi connectivity index (χ4n) is 5.74. The van der Waals surface area contributed by atoms with Crippen LogP contribution in [0.15, 0.2) is 36.8 Å². The lowest BCUT2D eigenvalue weighted by atomic mass is 9.82. The highest BCUT2D eigenvalue weighted by atomic mass is 19.4. The lowest BCUT2D eigenvalue weighted by Gasteiger charge is -2.29. The number of alkyl halides is 3. The summed E-state index contributed by atoms with van der Waals surface area (Å²) in [6.07, 6.45) is 1.94. The SMILES string of the molecule is O=C1c2ncn3c(NCc4c(F)ccc5c4CCO5)ncc(c23)-c2ccc(C3CCC3)nc2CN1CC(F)(F)F. The Hall–Kier alpha value is -4.22. The molecule has 0 unspecified atom stereocenters. The average molecular weight is 553 g/mol. The van der Waals surface area contributed by atoms with Crippen LogP contribution in [0.5, 0.6) is 5.75 Å². The van der Waals surface area contributed by atoms with Crippen LogP contribution in [-0.4, -0.2) is 49.5 Å². The number of benzene rings is 1. The van der Waals surface area contributed by atoms with Crippen molar-refractivity contribution in [1.29, 1.82) is 0 Å². The third-order valence-corrected chi connectivity index (χ3v) is 7.94. The summed E-state index contributed by atoms with van der Waals surface area (Å²) in [5.74, 6) is -0.0541. The number of amides is 1. The van der Waals surface area contributed by atoms with Gasteiger partial charge in [-0.05, 0) is 31.0 Å². The van der Waals surface area contributed by atoms with Crippen LogP contribution in [0.4, 0.5) is 23.5 Å². The van der Waals surface area contributed by atoms with Gasteiger partial charge in [0.15, 0.2) is 5.69 Å². The molecule has 40 heavy (non-hydrogen) atoms. The highest BCUT2D eigenvalue weighted by Crippen LogP contribution is 2.39. The minimum Gasteiger partial charge on any atom is -0.493 e.